The van der Waals surface area contributed by atoms with Crippen LogP contribution in [0.25, 0.3) is 21.8 Å². The van der Waals surface area contributed by atoms with Crippen LogP contribution in [0.15, 0.2) is 71.9 Å². The molecule has 4 aromatic rings. The number of aliphatic hydroxyl groups is 1. The minimum Gasteiger partial charge on any atom is -0.464 e. The van der Waals surface area contributed by atoms with Crippen LogP contribution in [0.1, 0.15) is 32.8 Å². The zero-order valence-electron chi connectivity index (χ0n) is 22.1. The number of nitrogens with one attached hydrogen (secondary N) is 1. The molecule has 0 saturated carbocycles. The Hall–Kier alpha value is -3.26. The van der Waals surface area contributed by atoms with Crippen LogP contribution >= 0.6 is 20.2 Å². The number of rotatable bonds is 11. The van der Waals surface area contributed by atoms with Crippen molar-refractivity contribution in [2.75, 3.05) is 5.75 Å². The number of pyridine rings is 1. The largest absolute Gasteiger partial charge is 0.464 e. The summed E-state index contributed by atoms with van der Waals surface area (Å²) in [6.45, 7) is 5.73. The number of amides is 1. The number of fused-ring (bicyclic) bond motifs is 2. The number of thioether (sulfide) groups is 1. The fraction of sp³-hybridized carbons (Fsp3) is 0.345. The van der Waals surface area contributed by atoms with E-state index in [0.717, 1.165) is 21.9 Å². The third kappa shape index (κ3) is 6.67. The third-order valence-corrected chi connectivity index (χ3v) is 8.77. The van der Waals surface area contributed by atoms with Crippen molar-refractivity contribution in [3.8, 4) is 0 Å². The van der Waals surface area contributed by atoms with Gasteiger partial charge in [-0.05, 0) is 49.4 Å². The van der Waals surface area contributed by atoms with Gasteiger partial charge in [0.2, 0.25) is 5.91 Å². The van der Waals surface area contributed by atoms with Crippen LogP contribution in [0.4, 0.5) is 4.79 Å². The van der Waals surface area contributed by atoms with Crippen LogP contribution in [0, 0.1) is 11.8 Å². The molecule has 8 nitrogen and oxygen atoms in total. The van der Waals surface area contributed by atoms with Gasteiger partial charge in [0.1, 0.15) is 0 Å². The van der Waals surface area contributed by atoms with Gasteiger partial charge in [0.15, 0.2) is 13.8 Å². The molecule has 39 heavy (non-hydrogen) atoms. The van der Waals surface area contributed by atoms with Crippen molar-refractivity contribution in [1.29, 1.82) is 0 Å². The summed E-state index contributed by atoms with van der Waals surface area (Å²) < 4.78 is 13.5. The Bertz CT molecular complexity index is 1510. The minimum atomic E-state index is -1.80. The van der Waals surface area contributed by atoms with Gasteiger partial charge in [0.05, 0.1) is 22.0 Å². The molecule has 4 rings (SSSR count). The van der Waals surface area contributed by atoms with E-state index in [4.69, 9.17) is 0 Å². The van der Waals surface area contributed by atoms with Crippen LogP contribution in [0.2, 0.25) is 0 Å². The average Bonchev–Trinajstić information content (AvgIpc) is 3.28. The molecule has 2 unspecified atom stereocenters. The standard InChI is InChI=1S/C29H32N3O5PS/c1-18(2)14-23(29(36,38-37)17-39-26-13-12-20-8-4-6-10-24(20)31-26)27(33)30-19(3)15-21-16-32(28(34)35)25-11-7-5-9-22(21)25/h4-13,16,18-19,23,36H,14-15,17H2,1-3H3,(H,30,33)(H,34,35)/t19-,23?,29?/m1/s1. The summed E-state index contributed by atoms with van der Waals surface area (Å²) in [5, 5.41) is 24.7. The van der Waals surface area contributed by atoms with Crippen molar-refractivity contribution >= 4 is 54.0 Å². The van der Waals surface area contributed by atoms with Gasteiger partial charge in [-0.25, -0.2) is 9.78 Å². The highest BCUT2D eigenvalue weighted by molar-refractivity contribution is 7.99. The molecule has 0 spiro atoms. The summed E-state index contributed by atoms with van der Waals surface area (Å²) in [6, 6.07) is 18.4. The second-order valence-electron chi connectivity index (χ2n) is 10.2. The van der Waals surface area contributed by atoms with E-state index in [1.165, 1.54) is 16.3 Å². The Morgan fingerprint density at radius 2 is 1.79 bits per heavy atom. The highest BCUT2D eigenvalue weighted by Crippen LogP contribution is 2.38. The molecule has 0 aliphatic heterocycles. The van der Waals surface area contributed by atoms with Crippen LogP contribution in [0.3, 0.4) is 0 Å². The number of nitrogens with zero attached hydrogens (tertiary/aromatic N) is 2. The summed E-state index contributed by atoms with van der Waals surface area (Å²) in [6.07, 6.45) is 1.23. The maximum Gasteiger partial charge on any atom is 0.416 e. The molecule has 3 N–H and O–H groups in total. The van der Waals surface area contributed by atoms with Gasteiger partial charge < -0.3 is 15.5 Å². The highest BCUT2D eigenvalue weighted by Gasteiger charge is 2.43. The van der Waals surface area contributed by atoms with Gasteiger partial charge in [-0.3, -0.25) is 13.9 Å². The molecular formula is C29H32N3O5PS. The van der Waals surface area contributed by atoms with E-state index in [2.05, 4.69) is 10.3 Å². The Morgan fingerprint density at radius 3 is 2.51 bits per heavy atom. The summed E-state index contributed by atoms with van der Waals surface area (Å²) in [7, 11) is -0.534. The molecule has 3 atom stereocenters. The number of aromatic nitrogens is 2. The fourth-order valence-electron chi connectivity index (χ4n) is 4.77. The van der Waals surface area contributed by atoms with E-state index in [0.29, 0.717) is 23.4 Å². The predicted molar refractivity (Wildman–Crippen MR) is 155 cm³/mol. The molecular weight excluding hydrogens is 533 g/mol. The summed E-state index contributed by atoms with van der Waals surface area (Å²) in [4.78, 5) is 29.8. The first-order chi connectivity index (χ1) is 18.6. The molecule has 2 aromatic heterocycles. The molecule has 0 aliphatic carbocycles. The molecule has 0 saturated heterocycles. The Labute approximate surface area is 233 Å². The lowest BCUT2D eigenvalue weighted by Gasteiger charge is -2.31. The zero-order chi connectivity index (χ0) is 28.2. The lowest BCUT2D eigenvalue weighted by molar-refractivity contribution is -0.130. The monoisotopic (exact) mass is 565 g/mol. The molecule has 0 aliphatic rings. The average molecular weight is 566 g/mol. The van der Waals surface area contributed by atoms with Gasteiger partial charge in [0.25, 0.3) is 0 Å². The van der Waals surface area contributed by atoms with Crippen molar-refractivity contribution < 1.29 is 24.4 Å². The molecule has 10 heteroatoms. The van der Waals surface area contributed by atoms with Crippen LogP contribution in [-0.2, 0) is 15.8 Å². The maximum absolute atomic E-state index is 13.5. The van der Waals surface area contributed by atoms with Gasteiger partial charge in [-0.2, -0.15) is 0 Å². The number of para-hydroxylation sites is 2. The third-order valence-electron chi connectivity index (χ3n) is 6.66. The number of carbonyl (C=O) groups is 2. The molecule has 0 fully saturated rings. The maximum atomic E-state index is 13.5. The highest BCUT2D eigenvalue weighted by atomic mass is 32.2. The molecule has 2 aromatic carbocycles. The first-order valence-electron chi connectivity index (χ1n) is 12.8. The number of carbonyl (C=O) groups excluding carboxylic acids is 1. The minimum absolute atomic E-state index is 0.0225. The predicted octanol–water partition coefficient (Wildman–Crippen LogP) is 6.20. The van der Waals surface area contributed by atoms with Crippen molar-refractivity contribution in [2.24, 2.45) is 11.8 Å². The van der Waals surface area contributed by atoms with Gasteiger partial charge in [0, 0.05) is 28.8 Å². The van der Waals surface area contributed by atoms with Gasteiger partial charge >= 0.3 is 6.09 Å². The number of carboxylic acid groups (broad SMARTS) is 1. The van der Waals surface area contributed by atoms with Crippen molar-refractivity contribution in [3.63, 3.8) is 0 Å². The number of hydrogen-bond acceptors (Lipinski definition) is 6. The lowest BCUT2D eigenvalue weighted by atomic mass is 9.91. The Morgan fingerprint density at radius 1 is 1.08 bits per heavy atom. The zero-order valence-corrected chi connectivity index (χ0v) is 23.8. The number of hydrogen-bond donors (Lipinski definition) is 3. The van der Waals surface area contributed by atoms with E-state index in [9.17, 15) is 24.4 Å². The van der Waals surface area contributed by atoms with E-state index in [1.807, 2.05) is 69.3 Å². The quantitative estimate of drug-likeness (QED) is 0.146. The normalized spacial score (nSPS) is 14.9. The second kappa shape index (κ2) is 12.3. The smallest absolute Gasteiger partial charge is 0.416 e. The Kier molecular flexibility index (Phi) is 9.05. The second-order valence-corrected chi connectivity index (χ2v) is 12.2. The van der Waals surface area contributed by atoms with Crippen LogP contribution < -0.4 is 5.32 Å². The fourth-order valence-corrected chi connectivity index (χ4v) is 6.41. The topological polar surface area (TPSA) is 122 Å². The first-order valence-corrected chi connectivity index (χ1v) is 14.6. The van der Waals surface area contributed by atoms with E-state index < -0.39 is 31.7 Å². The van der Waals surface area contributed by atoms with Gasteiger partial charge in [-0.1, -0.05) is 56.3 Å². The van der Waals surface area contributed by atoms with Crippen molar-refractivity contribution in [2.45, 2.75) is 50.0 Å². The number of benzene rings is 2. The molecule has 0 radical (unpaired) electrons. The first kappa shape index (κ1) is 28.7. The van der Waals surface area contributed by atoms with E-state index in [-0.39, 0.29) is 17.7 Å². The van der Waals surface area contributed by atoms with E-state index in [1.54, 1.807) is 18.3 Å². The van der Waals surface area contributed by atoms with Crippen LogP contribution in [0.5, 0.6) is 0 Å². The van der Waals surface area contributed by atoms with E-state index >= 15 is 0 Å². The summed E-state index contributed by atoms with van der Waals surface area (Å²) in [5.41, 5.74) is 2.19. The molecule has 204 valence electrons. The molecule has 0 bridgehead atoms. The van der Waals surface area contributed by atoms with Crippen molar-refractivity contribution in [3.05, 3.63) is 72.4 Å². The van der Waals surface area contributed by atoms with Gasteiger partial charge in [-0.15, -0.1) is 11.8 Å². The molecule has 1 amide bonds. The lowest BCUT2D eigenvalue weighted by Crippen LogP contribution is -2.48. The van der Waals surface area contributed by atoms with Crippen molar-refractivity contribution in [1.82, 2.24) is 14.9 Å². The molecule has 2 heterocycles. The summed E-state index contributed by atoms with van der Waals surface area (Å²) in [5.74, 6) is -1.22. The summed E-state index contributed by atoms with van der Waals surface area (Å²) >= 11 is 1.26. The Balaban J connectivity index is 1.50. The van der Waals surface area contributed by atoms with Crippen LogP contribution in [-0.4, -0.2) is 48.9 Å². The SMILES string of the molecule is CC(C)CC(C(=O)N[C@H](C)Cc1cn(C(=O)O)c2ccccc12)C(O)(CSc1ccc2ccccc2n1)P=O.